The molecule has 1 N–H and O–H groups in total. The van der Waals surface area contributed by atoms with E-state index in [4.69, 9.17) is 16.3 Å². The number of hydrogen-bond acceptors (Lipinski definition) is 2. The van der Waals surface area contributed by atoms with E-state index in [-0.39, 0.29) is 5.38 Å². The molecule has 0 fully saturated rings. The van der Waals surface area contributed by atoms with Gasteiger partial charge in [-0.05, 0) is 18.9 Å². The summed E-state index contributed by atoms with van der Waals surface area (Å²) >= 11 is 6.42. The summed E-state index contributed by atoms with van der Waals surface area (Å²) in [5.74, 6) is 1.53. The smallest absolute Gasteiger partial charge is 0.123 e. The van der Waals surface area contributed by atoms with Gasteiger partial charge < -0.3 is 10.1 Å². The number of methoxy groups -OCH3 is 1. The molecule has 1 aromatic carbocycles. The van der Waals surface area contributed by atoms with Gasteiger partial charge in [0.25, 0.3) is 0 Å². The molecule has 19 heavy (non-hydrogen) atoms. The first-order chi connectivity index (χ1) is 9.12. The molecule has 0 spiro atoms. The Balaban J connectivity index is 2.51. The first kappa shape index (κ1) is 16.3. The summed E-state index contributed by atoms with van der Waals surface area (Å²) in [5.41, 5.74) is 2.44. The lowest BCUT2D eigenvalue weighted by atomic mass is 9.99. The molecule has 0 aliphatic carbocycles. The number of rotatable bonds is 8. The largest absolute Gasteiger partial charge is 0.496 e. The SMILES string of the molecule is CCC(CC)C(Cl)CNCc1cc(C)ccc1OC. The van der Waals surface area contributed by atoms with Crippen molar-refractivity contribution in [3.63, 3.8) is 0 Å². The maximum absolute atomic E-state index is 6.42. The van der Waals surface area contributed by atoms with E-state index in [1.165, 1.54) is 11.1 Å². The summed E-state index contributed by atoms with van der Waals surface area (Å²) in [6.07, 6.45) is 2.28. The van der Waals surface area contributed by atoms with Crippen molar-refractivity contribution in [3.8, 4) is 5.75 Å². The van der Waals surface area contributed by atoms with Crippen molar-refractivity contribution >= 4 is 11.6 Å². The molecule has 0 bridgehead atoms. The van der Waals surface area contributed by atoms with Crippen LogP contribution in [0.15, 0.2) is 18.2 Å². The van der Waals surface area contributed by atoms with Gasteiger partial charge >= 0.3 is 0 Å². The number of benzene rings is 1. The van der Waals surface area contributed by atoms with Gasteiger partial charge in [0, 0.05) is 24.0 Å². The van der Waals surface area contributed by atoms with Gasteiger partial charge in [0.05, 0.1) is 7.11 Å². The highest BCUT2D eigenvalue weighted by Gasteiger charge is 2.15. The Labute approximate surface area is 122 Å². The Kier molecular flexibility index (Phi) is 7.25. The van der Waals surface area contributed by atoms with Crippen molar-refractivity contribution in [1.29, 1.82) is 0 Å². The van der Waals surface area contributed by atoms with Gasteiger partial charge in [-0.15, -0.1) is 11.6 Å². The molecule has 0 saturated heterocycles. The lowest BCUT2D eigenvalue weighted by Crippen LogP contribution is -2.28. The standard InChI is InChI=1S/C16H26ClNO/c1-5-13(6-2)15(17)11-18-10-14-9-12(3)7-8-16(14)19-4/h7-9,13,15,18H,5-6,10-11H2,1-4H3. The number of nitrogens with one attached hydrogen (secondary N) is 1. The first-order valence-electron chi connectivity index (χ1n) is 7.10. The number of aryl methyl sites for hydroxylation is 1. The third-order valence-corrected chi connectivity index (χ3v) is 4.16. The molecule has 0 saturated carbocycles. The Morgan fingerprint density at radius 2 is 1.95 bits per heavy atom. The second kappa shape index (κ2) is 8.44. The highest BCUT2D eigenvalue weighted by molar-refractivity contribution is 6.21. The van der Waals surface area contributed by atoms with Gasteiger partial charge in [-0.3, -0.25) is 0 Å². The second-order valence-corrected chi connectivity index (χ2v) is 5.60. The molecule has 0 aliphatic heterocycles. The number of halogens is 1. The Hall–Kier alpha value is -0.730. The quantitative estimate of drug-likeness (QED) is 0.724. The predicted molar refractivity (Wildman–Crippen MR) is 83.2 cm³/mol. The minimum atomic E-state index is 0.200. The summed E-state index contributed by atoms with van der Waals surface area (Å²) in [4.78, 5) is 0. The van der Waals surface area contributed by atoms with E-state index >= 15 is 0 Å². The third kappa shape index (κ3) is 5.04. The van der Waals surface area contributed by atoms with Crippen LogP contribution in [-0.4, -0.2) is 19.0 Å². The van der Waals surface area contributed by atoms with E-state index in [9.17, 15) is 0 Å². The zero-order chi connectivity index (χ0) is 14.3. The van der Waals surface area contributed by atoms with Crippen molar-refractivity contribution in [1.82, 2.24) is 5.32 Å². The van der Waals surface area contributed by atoms with Crippen LogP contribution in [-0.2, 0) is 6.54 Å². The normalized spacial score (nSPS) is 12.7. The predicted octanol–water partition coefficient (Wildman–Crippen LogP) is 4.14. The summed E-state index contributed by atoms with van der Waals surface area (Å²) in [5, 5.41) is 3.64. The highest BCUT2D eigenvalue weighted by Crippen LogP contribution is 2.20. The van der Waals surface area contributed by atoms with Gasteiger partial charge in [0.15, 0.2) is 0 Å². The molecule has 2 nitrogen and oxygen atoms in total. The van der Waals surface area contributed by atoms with Gasteiger partial charge in [-0.1, -0.05) is 44.4 Å². The zero-order valence-corrected chi connectivity index (χ0v) is 13.3. The van der Waals surface area contributed by atoms with Gasteiger partial charge in [-0.25, -0.2) is 0 Å². The Morgan fingerprint density at radius 3 is 2.53 bits per heavy atom. The summed E-state index contributed by atoms with van der Waals surface area (Å²) in [7, 11) is 1.71. The Bertz CT molecular complexity index is 377. The number of alkyl halides is 1. The van der Waals surface area contributed by atoms with Crippen molar-refractivity contribution in [2.24, 2.45) is 5.92 Å². The Morgan fingerprint density at radius 1 is 1.26 bits per heavy atom. The molecular weight excluding hydrogens is 258 g/mol. The molecule has 108 valence electrons. The average Bonchev–Trinajstić information content (AvgIpc) is 2.40. The van der Waals surface area contributed by atoms with Crippen LogP contribution in [0, 0.1) is 12.8 Å². The van der Waals surface area contributed by atoms with Crippen LogP contribution in [0.3, 0.4) is 0 Å². The van der Waals surface area contributed by atoms with Crippen molar-refractivity contribution in [2.45, 2.75) is 45.5 Å². The van der Waals surface area contributed by atoms with E-state index in [0.29, 0.717) is 5.92 Å². The number of hydrogen-bond donors (Lipinski definition) is 1. The van der Waals surface area contributed by atoms with Gasteiger partial charge in [0.1, 0.15) is 5.75 Å². The lowest BCUT2D eigenvalue weighted by molar-refractivity contribution is 0.405. The monoisotopic (exact) mass is 283 g/mol. The summed E-state index contributed by atoms with van der Waals surface area (Å²) < 4.78 is 5.37. The summed E-state index contributed by atoms with van der Waals surface area (Å²) in [6, 6.07) is 6.24. The molecule has 1 rings (SSSR count). The molecule has 1 atom stereocenters. The van der Waals surface area contributed by atoms with E-state index < -0.39 is 0 Å². The van der Waals surface area contributed by atoms with Crippen LogP contribution in [0.4, 0.5) is 0 Å². The third-order valence-electron chi connectivity index (χ3n) is 3.65. The van der Waals surface area contributed by atoms with Crippen molar-refractivity contribution in [3.05, 3.63) is 29.3 Å². The van der Waals surface area contributed by atoms with Crippen molar-refractivity contribution < 1.29 is 4.74 Å². The second-order valence-electron chi connectivity index (χ2n) is 5.04. The van der Waals surface area contributed by atoms with Crippen LogP contribution in [0.25, 0.3) is 0 Å². The molecule has 0 radical (unpaired) electrons. The minimum absolute atomic E-state index is 0.200. The topological polar surface area (TPSA) is 21.3 Å². The molecular formula is C16H26ClNO. The fourth-order valence-corrected chi connectivity index (χ4v) is 2.82. The maximum Gasteiger partial charge on any atom is 0.123 e. The van der Waals surface area contributed by atoms with Crippen molar-refractivity contribution in [2.75, 3.05) is 13.7 Å². The fraction of sp³-hybridized carbons (Fsp3) is 0.625. The highest BCUT2D eigenvalue weighted by atomic mass is 35.5. The lowest BCUT2D eigenvalue weighted by Gasteiger charge is -2.20. The molecule has 1 unspecified atom stereocenters. The van der Waals surface area contributed by atoms with E-state index in [1.54, 1.807) is 7.11 Å². The minimum Gasteiger partial charge on any atom is -0.496 e. The maximum atomic E-state index is 6.42. The van der Waals surface area contributed by atoms with Crippen LogP contribution >= 0.6 is 11.6 Å². The fourth-order valence-electron chi connectivity index (χ4n) is 2.36. The zero-order valence-electron chi connectivity index (χ0n) is 12.5. The van der Waals surface area contributed by atoms with Gasteiger partial charge in [0.2, 0.25) is 0 Å². The van der Waals surface area contributed by atoms with Crippen LogP contribution in [0.5, 0.6) is 5.75 Å². The molecule has 0 aliphatic rings. The van der Waals surface area contributed by atoms with Gasteiger partial charge in [-0.2, -0.15) is 0 Å². The van der Waals surface area contributed by atoms with E-state index in [1.807, 2.05) is 6.07 Å². The molecule has 0 aromatic heterocycles. The number of ether oxygens (including phenoxy) is 1. The molecule has 0 amide bonds. The van der Waals surface area contributed by atoms with Crippen LogP contribution in [0.2, 0.25) is 0 Å². The first-order valence-corrected chi connectivity index (χ1v) is 7.54. The van der Waals surface area contributed by atoms with E-state index in [2.05, 4.69) is 38.2 Å². The van der Waals surface area contributed by atoms with Crippen LogP contribution < -0.4 is 10.1 Å². The van der Waals surface area contributed by atoms with E-state index in [0.717, 1.165) is 31.7 Å². The van der Waals surface area contributed by atoms with Crippen LogP contribution in [0.1, 0.15) is 37.8 Å². The molecule has 3 heteroatoms. The molecule has 0 heterocycles. The average molecular weight is 284 g/mol. The molecule has 1 aromatic rings. The summed E-state index contributed by atoms with van der Waals surface area (Å²) in [6.45, 7) is 8.14.